The molecule has 2 fully saturated rings. The Labute approximate surface area is 168 Å². The van der Waals surface area contributed by atoms with Gasteiger partial charge in [-0.1, -0.05) is 30.3 Å². The highest BCUT2D eigenvalue weighted by atomic mass is 32.2. The first kappa shape index (κ1) is 20.9. The van der Waals surface area contributed by atoms with Crippen molar-refractivity contribution in [3.8, 4) is 0 Å². The third kappa shape index (κ3) is 5.35. The number of fused-ring (bicyclic) bond motifs is 2. The highest BCUT2D eigenvalue weighted by molar-refractivity contribution is 7.92. The molecule has 2 aliphatic rings. The molecule has 28 heavy (non-hydrogen) atoms. The van der Waals surface area contributed by atoms with E-state index in [0.717, 1.165) is 31.2 Å². The average Bonchev–Trinajstić information content (AvgIpc) is 2.90. The van der Waals surface area contributed by atoms with Crippen LogP contribution in [0, 0.1) is 5.92 Å². The Morgan fingerprint density at radius 1 is 1.18 bits per heavy atom. The smallest absolute Gasteiger partial charge is 0.407 e. The van der Waals surface area contributed by atoms with Crippen molar-refractivity contribution in [2.45, 2.75) is 64.1 Å². The van der Waals surface area contributed by atoms with Gasteiger partial charge in [0.2, 0.25) is 10.0 Å². The molecule has 2 aliphatic heterocycles. The van der Waals surface area contributed by atoms with Crippen LogP contribution in [-0.4, -0.2) is 43.0 Å². The standard InChI is InChI=1S/C21H30N2O4S/c1-21(2,3)27-20(24)22-15-17-13-18-9-10-19(14-17)23(18)28(25,26)12-11-16-7-5-4-6-8-16/h4-8,11-12,17-19H,9-10,13-15H2,1-3H3,(H,22,24)/b12-11+/t17?,18-,19+. The van der Waals surface area contributed by atoms with Crippen LogP contribution < -0.4 is 5.32 Å². The lowest BCUT2D eigenvalue weighted by Gasteiger charge is -2.37. The van der Waals surface area contributed by atoms with Crippen molar-refractivity contribution < 1.29 is 17.9 Å². The second-order valence-electron chi connectivity index (χ2n) is 8.69. The minimum Gasteiger partial charge on any atom is -0.444 e. The van der Waals surface area contributed by atoms with E-state index in [2.05, 4.69) is 5.32 Å². The molecule has 3 atom stereocenters. The summed E-state index contributed by atoms with van der Waals surface area (Å²) in [5.74, 6) is 0.273. The molecule has 2 bridgehead atoms. The maximum Gasteiger partial charge on any atom is 0.407 e. The van der Waals surface area contributed by atoms with E-state index in [9.17, 15) is 13.2 Å². The normalized spacial score (nSPS) is 25.8. The number of carbonyl (C=O) groups is 1. The zero-order valence-electron chi connectivity index (χ0n) is 16.8. The second kappa shape index (κ2) is 8.25. The fourth-order valence-corrected chi connectivity index (χ4v) is 5.85. The van der Waals surface area contributed by atoms with Crippen LogP contribution >= 0.6 is 0 Å². The zero-order valence-corrected chi connectivity index (χ0v) is 17.6. The monoisotopic (exact) mass is 406 g/mol. The summed E-state index contributed by atoms with van der Waals surface area (Å²) < 4.78 is 32.8. The predicted molar refractivity (Wildman–Crippen MR) is 110 cm³/mol. The third-order valence-electron chi connectivity index (χ3n) is 5.22. The van der Waals surface area contributed by atoms with Crippen LogP contribution in [0.25, 0.3) is 6.08 Å². The molecule has 1 amide bonds. The van der Waals surface area contributed by atoms with Crippen LogP contribution in [0.1, 0.15) is 52.0 Å². The summed E-state index contributed by atoms with van der Waals surface area (Å²) in [6.45, 7) is 6.02. The highest BCUT2D eigenvalue weighted by Crippen LogP contribution is 2.40. The predicted octanol–water partition coefficient (Wildman–Crippen LogP) is 3.75. The van der Waals surface area contributed by atoms with Crippen LogP contribution in [0.15, 0.2) is 35.7 Å². The highest BCUT2D eigenvalue weighted by Gasteiger charge is 2.45. The molecule has 7 heteroatoms. The average molecular weight is 407 g/mol. The van der Waals surface area contributed by atoms with Crippen LogP contribution in [0.2, 0.25) is 0 Å². The summed E-state index contributed by atoms with van der Waals surface area (Å²) in [5, 5.41) is 4.16. The van der Waals surface area contributed by atoms with Gasteiger partial charge in [0.1, 0.15) is 5.60 Å². The van der Waals surface area contributed by atoms with Gasteiger partial charge >= 0.3 is 6.09 Å². The maximum atomic E-state index is 12.9. The second-order valence-corrected chi connectivity index (χ2v) is 10.4. The van der Waals surface area contributed by atoms with Crippen molar-refractivity contribution in [2.75, 3.05) is 6.54 Å². The van der Waals surface area contributed by atoms with Crippen LogP contribution in [0.4, 0.5) is 4.79 Å². The number of piperidine rings is 1. The Balaban J connectivity index is 1.59. The van der Waals surface area contributed by atoms with Gasteiger partial charge in [0.25, 0.3) is 0 Å². The Bertz CT molecular complexity index is 801. The molecule has 1 unspecified atom stereocenters. The first-order valence-electron chi connectivity index (χ1n) is 9.87. The van der Waals surface area contributed by atoms with E-state index in [1.54, 1.807) is 10.4 Å². The van der Waals surface area contributed by atoms with Gasteiger partial charge in [-0.25, -0.2) is 13.2 Å². The van der Waals surface area contributed by atoms with E-state index in [1.165, 1.54) is 5.41 Å². The van der Waals surface area contributed by atoms with Gasteiger partial charge in [-0.15, -0.1) is 0 Å². The number of nitrogens with one attached hydrogen (secondary N) is 1. The summed E-state index contributed by atoms with van der Waals surface area (Å²) >= 11 is 0. The Kier molecular flexibility index (Phi) is 6.15. The topological polar surface area (TPSA) is 75.7 Å². The largest absolute Gasteiger partial charge is 0.444 e. The number of carbonyl (C=O) groups excluding carboxylic acids is 1. The molecule has 1 aromatic carbocycles. The molecule has 0 aliphatic carbocycles. The molecular formula is C21H30N2O4S. The molecule has 0 radical (unpaired) electrons. The van der Waals surface area contributed by atoms with Crippen molar-refractivity contribution in [2.24, 2.45) is 5.92 Å². The first-order valence-corrected chi connectivity index (χ1v) is 11.4. The molecular weight excluding hydrogens is 376 g/mol. The number of alkyl carbamates (subject to hydrolysis) is 1. The number of benzene rings is 1. The number of sulfonamides is 1. The molecule has 0 aromatic heterocycles. The number of amides is 1. The van der Waals surface area contributed by atoms with Crippen molar-refractivity contribution in [3.63, 3.8) is 0 Å². The number of rotatable bonds is 5. The molecule has 0 spiro atoms. The quantitative estimate of drug-likeness (QED) is 0.808. The number of hydrogen-bond acceptors (Lipinski definition) is 4. The number of nitrogens with zero attached hydrogens (tertiary/aromatic N) is 1. The summed E-state index contributed by atoms with van der Waals surface area (Å²) in [6.07, 6.45) is 4.54. The van der Waals surface area contributed by atoms with Crippen LogP contribution in [-0.2, 0) is 14.8 Å². The lowest BCUT2D eigenvalue weighted by Crippen LogP contribution is -2.48. The van der Waals surface area contributed by atoms with Crippen molar-refractivity contribution >= 4 is 22.2 Å². The molecule has 2 saturated heterocycles. The molecule has 6 nitrogen and oxygen atoms in total. The summed E-state index contributed by atoms with van der Waals surface area (Å²) in [4.78, 5) is 11.9. The number of ether oxygens (including phenoxy) is 1. The number of hydrogen-bond donors (Lipinski definition) is 1. The van der Waals surface area contributed by atoms with E-state index in [4.69, 9.17) is 4.74 Å². The minimum atomic E-state index is -3.46. The van der Waals surface area contributed by atoms with E-state index >= 15 is 0 Å². The minimum absolute atomic E-state index is 0.00890. The fourth-order valence-electron chi connectivity index (χ4n) is 4.17. The van der Waals surface area contributed by atoms with Crippen molar-refractivity contribution in [1.29, 1.82) is 0 Å². The maximum absolute atomic E-state index is 12.9. The first-order chi connectivity index (χ1) is 13.1. The van der Waals surface area contributed by atoms with Crippen molar-refractivity contribution in [1.82, 2.24) is 9.62 Å². The summed E-state index contributed by atoms with van der Waals surface area (Å²) in [6, 6.07) is 9.47. The third-order valence-corrected chi connectivity index (χ3v) is 6.89. The van der Waals surface area contributed by atoms with Gasteiger partial charge in [0, 0.05) is 24.0 Å². The molecule has 3 rings (SSSR count). The van der Waals surface area contributed by atoms with Gasteiger partial charge in [-0.3, -0.25) is 0 Å². The van der Waals surface area contributed by atoms with Gasteiger partial charge in [0.05, 0.1) is 0 Å². The summed E-state index contributed by atoms with van der Waals surface area (Å²) in [7, 11) is -3.46. The lowest BCUT2D eigenvalue weighted by molar-refractivity contribution is 0.0507. The molecule has 1 N–H and O–H groups in total. The molecule has 0 saturated carbocycles. The van der Waals surface area contributed by atoms with Gasteiger partial charge in [-0.05, 0) is 64.0 Å². The van der Waals surface area contributed by atoms with Crippen LogP contribution in [0.3, 0.4) is 0 Å². The van der Waals surface area contributed by atoms with Gasteiger partial charge < -0.3 is 10.1 Å². The summed E-state index contributed by atoms with van der Waals surface area (Å²) in [5.41, 5.74) is 0.348. The SMILES string of the molecule is CC(C)(C)OC(=O)NCC1C[C@H]2CC[C@@H](C1)N2S(=O)(=O)/C=C/c1ccccc1. The van der Waals surface area contributed by atoms with E-state index in [1.807, 2.05) is 51.1 Å². The van der Waals surface area contributed by atoms with E-state index < -0.39 is 21.7 Å². The van der Waals surface area contributed by atoms with E-state index in [0.29, 0.717) is 6.54 Å². The van der Waals surface area contributed by atoms with Gasteiger partial charge in [0.15, 0.2) is 0 Å². The van der Waals surface area contributed by atoms with E-state index in [-0.39, 0.29) is 18.0 Å². The Hall–Kier alpha value is -1.86. The molecule has 154 valence electrons. The van der Waals surface area contributed by atoms with Gasteiger partial charge in [-0.2, -0.15) is 4.31 Å². The molecule has 2 heterocycles. The molecule has 1 aromatic rings. The zero-order chi connectivity index (χ0) is 20.4. The van der Waals surface area contributed by atoms with Crippen molar-refractivity contribution in [3.05, 3.63) is 41.3 Å². The fraction of sp³-hybridized carbons (Fsp3) is 0.571. The Morgan fingerprint density at radius 3 is 2.36 bits per heavy atom. The Morgan fingerprint density at radius 2 is 1.79 bits per heavy atom. The lowest BCUT2D eigenvalue weighted by atomic mass is 9.92. The van der Waals surface area contributed by atoms with Crippen LogP contribution in [0.5, 0.6) is 0 Å².